The Hall–Kier alpha value is -2.80. The highest BCUT2D eigenvalue weighted by Gasteiger charge is 2.18. The summed E-state index contributed by atoms with van der Waals surface area (Å²) in [4.78, 5) is 15.3. The highest BCUT2D eigenvalue weighted by molar-refractivity contribution is 7.99. The number of fused-ring (bicyclic) bond motifs is 1. The summed E-state index contributed by atoms with van der Waals surface area (Å²) in [5.74, 6) is 0.153. The molecule has 7 heteroatoms. The SMILES string of the molecule is CC[n+]1c(SCC(=O)NN=Cc2ccccc2O)[nH]c2ccccc21. The van der Waals surface area contributed by atoms with Crippen LogP contribution >= 0.6 is 11.8 Å². The number of imidazole rings is 1. The topological polar surface area (TPSA) is 81.4 Å². The Labute approximate surface area is 149 Å². The van der Waals surface area contributed by atoms with Gasteiger partial charge in [-0.2, -0.15) is 5.10 Å². The minimum atomic E-state index is -0.210. The Balaban J connectivity index is 1.60. The fourth-order valence-corrected chi connectivity index (χ4v) is 3.37. The molecule has 0 saturated carbocycles. The molecule has 6 nitrogen and oxygen atoms in total. The van der Waals surface area contributed by atoms with Crippen LogP contribution in [0.2, 0.25) is 0 Å². The first kappa shape index (κ1) is 17.0. The molecule has 2 aromatic carbocycles. The van der Waals surface area contributed by atoms with Crippen molar-refractivity contribution in [1.29, 1.82) is 0 Å². The summed E-state index contributed by atoms with van der Waals surface area (Å²) in [6.07, 6.45) is 1.42. The monoisotopic (exact) mass is 355 g/mol. The summed E-state index contributed by atoms with van der Waals surface area (Å²) in [7, 11) is 0. The van der Waals surface area contributed by atoms with E-state index >= 15 is 0 Å². The van der Waals surface area contributed by atoms with Crippen LogP contribution < -0.4 is 9.99 Å². The molecule has 3 rings (SSSR count). The number of aromatic hydroxyl groups is 1. The van der Waals surface area contributed by atoms with E-state index in [2.05, 4.69) is 33.1 Å². The molecule has 0 bridgehead atoms. The van der Waals surface area contributed by atoms with Crippen LogP contribution in [0.15, 0.2) is 58.8 Å². The lowest BCUT2D eigenvalue weighted by molar-refractivity contribution is -0.705. The van der Waals surface area contributed by atoms with Gasteiger partial charge in [0.15, 0.2) is 11.0 Å². The van der Waals surface area contributed by atoms with E-state index in [1.54, 1.807) is 24.3 Å². The number of phenolic OH excluding ortho intramolecular Hbond substituents is 1. The first-order valence-electron chi connectivity index (χ1n) is 7.92. The maximum atomic E-state index is 12.0. The van der Waals surface area contributed by atoms with E-state index in [-0.39, 0.29) is 17.4 Å². The van der Waals surface area contributed by atoms with Crippen LogP contribution in [-0.4, -0.2) is 28.0 Å². The van der Waals surface area contributed by atoms with Crippen molar-refractivity contribution in [2.24, 2.45) is 5.10 Å². The van der Waals surface area contributed by atoms with Crippen molar-refractivity contribution in [3.05, 3.63) is 54.1 Å². The summed E-state index contributed by atoms with van der Waals surface area (Å²) in [5, 5.41) is 14.5. The molecule has 25 heavy (non-hydrogen) atoms. The largest absolute Gasteiger partial charge is 0.507 e. The number of carbonyl (C=O) groups excluding carboxylic acids is 1. The third-order valence-corrected chi connectivity index (χ3v) is 4.67. The Bertz CT molecular complexity index is 920. The molecule has 0 radical (unpaired) electrons. The molecule has 0 aliphatic rings. The second-order valence-corrected chi connectivity index (χ2v) is 6.30. The average molecular weight is 355 g/mol. The van der Waals surface area contributed by atoms with Gasteiger partial charge in [0.25, 0.3) is 5.91 Å². The molecule has 0 aliphatic carbocycles. The molecule has 3 N–H and O–H groups in total. The molecule has 0 unspecified atom stereocenters. The smallest absolute Gasteiger partial charge is 0.317 e. The number of hydrogen-bond acceptors (Lipinski definition) is 4. The summed E-state index contributed by atoms with van der Waals surface area (Å²) in [5.41, 5.74) is 5.19. The van der Waals surface area contributed by atoms with Gasteiger partial charge in [-0.3, -0.25) is 4.79 Å². The summed E-state index contributed by atoms with van der Waals surface area (Å²) >= 11 is 1.43. The third-order valence-electron chi connectivity index (χ3n) is 3.67. The minimum Gasteiger partial charge on any atom is -0.507 e. The van der Waals surface area contributed by atoms with E-state index < -0.39 is 0 Å². The number of amides is 1. The number of phenols is 1. The summed E-state index contributed by atoms with van der Waals surface area (Å²) < 4.78 is 2.14. The first-order valence-corrected chi connectivity index (χ1v) is 8.91. The maximum Gasteiger partial charge on any atom is 0.317 e. The van der Waals surface area contributed by atoms with Crippen molar-refractivity contribution in [3.63, 3.8) is 0 Å². The molecule has 1 heterocycles. The molecule has 0 atom stereocenters. The van der Waals surface area contributed by atoms with Crippen molar-refractivity contribution in [3.8, 4) is 5.75 Å². The number of nitrogens with zero attached hydrogens (tertiary/aromatic N) is 2. The number of para-hydroxylation sites is 3. The van der Waals surface area contributed by atoms with Crippen molar-refractivity contribution in [2.45, 2.75) is 18.6 Å². The van der Waals surface area contributed by atoms with Crippen LogP contribution in [-0.2, 0) is 11.3 Å². The quantitative estimate of drug-likeness (QED) is 0.275. The normalized spacial score (nSPS) is 11.2. The number of carbonyl (C=O) groups is 1. The molecule has 0 aliphatic heterocycles. The minimum absolute atomic E-state index is 0.122. The molecule has 1 aromatic heterocycles. The number of nitrogens with one attached hydrogen (secondary N) is 2. The second kappa shape index (κ2) is 7.85. The number of thioether (sulfide) groups is 1. The summed E-state index contributed by atoms with van der Waals surface area (Å²) in [6.45, 7) is 2.89. The maximum absolute atomic E-state index is 12.0. The number of aromatic amines is 1. The molecular weight excluding hydrogens is 336 g/mol. The molecular formula is C18H19N4O2S+. The lowest BCUT2D eigenvalue weighted by Crippen LogP contribution is -2.34. The number of H-pyrrole nitrogens is 1. The van der Waals surface area contributed by atoms with Gasteiger partial charge < -0.3 is 5.11 Å². The van der Waals surface area contributed by atoms with Crippen LogP contribution in [0.1, 0.15) is 12.5 Å². The zero-order chi connectivity index (χ0) is 17.6. The van der Waals surface area contributed by atoms with Gasteiger partial charge in [-0.1, -0.05) is 24.3 Å². The zero-order valence-electron chi connectivity index (χ0n) is 13.8. The van der Waals surface area contributed by atoms with Crippen LogP contribution in [0.4, 0.5) is 0 Å². The van der Waals surface area contributed by atoms with E-state index in [1.165, 1.54) is 18.0 Å². The van der Waals surface area contributed by atoms with Gasteiger partial charge >= 0.3 is 5.16 Å². The Kier molecular flexibility index (Phi) is 5.35. The fraction of sp³-hybridized carbons (Fsp3) is 0.167. The van der Waals surface area contributed by atoms with Gasteiger partial charge in [-0.05, 0) is 43.0 Å². The second-order valence-electron chi connectivity index (χ2n) is 5.33. The fourth-order valence-electron chi connectivity index (χ4n) is 2.47. The number of aromatic nitrogens is 2. The molecule has 3 aromatic rings. The van der Waals surface area contributed by atoms with Crippen molar-refractivity contribution < 1.29 is 14.5 Å². The number of aryl methyl sites for hydroxylation is 1. The third kappa shape index (κ3) is 4.00. The van der Waals surface area contributed by atoms with E-state index in [4.69, 9.17) is 0 Å². The van der Waals surface area contributed by atoms with Crippen LogP contribution in [0, 0.1) is 0 Å². The van der Waals surface area contributed by atoms with E-state index in [0.29, 0.717) is 5.56 Å². The number of hydrogen-bond donors (Lipinski definition) is 3. The van der Waals surface area contributed by atoms with E-state index in [9.17, 15) is 9.90 Å². The number of benzene rings is 2. The number of rotatable bonds is 6. The van der Waals surface area contributed by atoms with Gasteiger partial charge in [0.2, 0.25) is 0 Å². The van der Waals surface area contributed by atoms with E-state index in [1.807, 2.05) is 18.2 Å². The lowest BCUT2D eigenvalue weighted by Gasteiger charge is -2.00. The Morgan fingerprint density at radius 3 is 2.84 bits per heavy atom. The molecule has 128 valence electrons. The van der Waals surface area contributed by atoms with Crippen molar-refractivity contribution in [2.75, 3.05) is 5.75 Å². The first-order chi connectivity index (χ1) is 12.2. The Morgan fingerprint density at radius 1 is 1.28 bits per heavy atom. The van der Waals surface area contributed by atoms with Gasteiger partial charge in [0.05, 0.1) is 18.5 Å². The highest BCUT2D eigenvalue weighted by Crippen LogP contribution is 2.17. The van der Waals surface area contributed by atoms with Gasteiger partial charge in [0, 0.05) is 5.56 Å². The van der Waals surface area contributed by atoms with Crippen LogP contribution in [0.25, 0.3) is 11.0 Å². The van der Waals surface area contributed by atoms with Gasteiger partial charge in [-0.25, -0.2) is 15.0 Å². The Morgan fingerprint density at radius 2 is 2.04 bits per heavy atom. The van der Waals surface area contributed by atoms with Gasteiger partial charge in [0.1, 0.15) is 5.75 Å². The predicted molar refractivity (Wildman–Crippen MR) is 98.7 cm³/mol. The average Bonchev–Trinajstić information content (AvgIpc) is 2.99. The zero-order valence-corrected chi connectivity index (χ0v) is 14.6. The summed E-state index contributed by atoms with van der Waals surface area (Å²) in [6, 6.07) is 14.8. The molecule has 1 amide bonds. The molecule has 0 saturated heterocycles. The predicted octanol–water partition coefficient (Wildman–Crippen LogP) is 2.42. The lowest BCUT2D eigenvalue weighted by atomic mass is 10.2. The molecule has 0 spiro atoms. The van der Waals surface area contributed by atoms with E-state index in [0.717, 1.165) is 22.7 Å². The van der Waals surface area contributed by atoms with Crippen molar-refractivity contribution >= 4 is 34.9 Å². The van der Waals surface area contributed by atoms with Crippen LogP contribution in [0.5, 0.6) is 5.75 Å². The highest BCUT2D eigenvalue weighted by atomic mass is 32.2. The molecule has 0 fully saturated rings. The van der Waals surface area contributed by atoms with Crippen molar-refractivity contribution in [1.82, 2.24) is 10.4 Å². The van der Waals surface area contributed by atoms with Crippen LogP contribution in [0.3, 0.4) is 0 Å². The standard InChI is InChI=1S/C18H18N4O2S/c1-2-22-15-9-5-4-8-14(15)20-18(22)25-12-17(24)21-19-11-13-7-3-6-10-16(13)23/h3-11H,2,12H2,1H3,(H2,19,21,23,24)/p+1. The van der Waals surface area contributed by atoms with Gasteiger partial charge in [-0.15, -0.1) is 0 Å². The number of hydrazone groups is 1.